The second kappa shape index (κ2) is 5.69. The normalized spacial score (nSPS) is 11.4. The number of pyridine rings is 1. The van der Waals surface area contributed by atoms with Gasteiger partial charge in [0.1, 0.15) is 5.65 Å². The van der Waals surface area contributed by atoms with E-state index in [2.05, 4.69) is 40.9 Å². The highest BCUT2D eigenvalue weighted by Gasteiger charge is 2.15. The van der Waals surface area contributed by atoms with Crippen molar-refractivity contribution in [2.45, 2.75) is 33.7 Å². The Labute approximate surface area is 124 Å². The lowest BCUT2D eigenvalue weighted by atomic mass is 10.3. The van der Waals surface area contributed by atoms with Crippen LogP contribution in [-0.2, 0) is 6.54 Å². The van der Waals surface area contributed by atoms with Crippen LogP contribution in [0, 0.1) is 13.8 Å². The molecule has 0 amide bonds. The van der Waals surface area contributed by atoms with Gasteiger partial charge in [0, 0.05) is 18.4 Å². The topological polar surface area (TPSA) is 47.2 Å². The van der Waals surface area contributed by atoms with Crippen LogP contribution in [0.5, 0.6) is 0 Å². The summed E-state index contributed by atoms with van der Waals surface area (Å²) in [5, 5.41) is 8.04. The van der Waals surface area contributed by atoms with Crippen LogP contribution >= 0.6 is 0 Å². The van der Waals surface area contributed by atoms with Crippen LogP contribution in [0.25, 0.3) is 11.5 Å². The molecule has 0 aromatic carbocycles. The van der Waals surface area contributed by atoms with Crippen molar-refractivity contribution in [1.82, 2.24) is 24.5 Å². The van der Waals surface area contributed by atoms with Gasteiger partial charge in [0.05, 0.1) is 11.4 Å². The van der Waals surface area contributed by atoms with Gasteiger partial charge in [0.2, 0.25) is 0 Å². The van der Waals surface area contributed by atoms with Crippen molar-refractivity contribution >= 4 is 5.65 Å². The lowest BCUT2D eigenvalue weighted by molar-refractivity contribution is 0.653. The van der Waals surface area contributed by atoms with Gasteiger partial charge in [-0.1, -0.05) is 13.0 Å². The number of aryl methyl sites for hydroxylation is 2. The summed E-state index contributed by atoms with van der Waals surface area (Å²) in [5.74, 6) is 0.912. The molecule has 0 atom stereocenters. The number of rotatable bonds is 5. The van der Waals surface area contributed by atoms with Crippen molar-refractivity contribution in [3.63, 3.8) is 0 Å². The zero-order valence-corrected chi connectivity index (χ0v) is 12.8. The molecule has 0 unspecified atom stereocenters. The fourth-order valence-corrected chi connectivity index (χ4v) is 2.59. The summed E-state index contributed by atoms with van der Waals surface area (Å²) < 4.78 is 4.07. The molecule has 0 aliphatic carbocycles. The van der Waals surface area contributed by atoms with Crippen molar-refractivity contribution in [3.05, 3.63) is 47.5 Å². The maximum Gasteiger partial charge on any atom is 0.177 e. The third kappa shape index (κ3) is 2.56. The summed E-state index contributed by atoms with van der Waals surface area (Å²) in [6, 6.07) is 8.14. The Bertz CT molecular complexity index is 753. The number of fused-ring (bicyclic) bond motifs is 1. The van der Waals surface area contributed by atoms with Gasteiger partial charge >= 0.3 is 0 Å². The van der Waals surface area contributed by atoms with Crippen LogP contribution < -0.4 is 5.32 Å². The summed E-state index contributed by atoms with van der Waals surface area (Å²) in [6.07, 6.45) is 3.17. The molecule has 0 fully saturated rings. The van der Waals surface area contributed by atoms with Crippen molar-refractivity contribution in [2.75, 3.05) is 6.54 Å². The zero-order valence-electron chi connectivity index (χ0n) is 12.8. The van der Waals surface area contributed by atoms with Crippen molar-refractivity contribution in [2.24, 2.45) is 0 Å². The predicted molar refractivity (Wildman–Crippen MR) is 83.8 cm³/mol. The zero-order chi connectivity index (χ0) is 14.8. The van der Waals surface area contributed by atoms with Gasteiger partial charge in [-0.25, -0.2) is 9.67 Å². The van der Waals surface area contributed by atoms with Crippen LogP contribution in [0.15, 0.2) is 30.5 Å². The van der Waals surface area contributed by atoms with Crippen LogP contribution in [0.4, 0.5) is 0 Å². The molecule has 5 heteroatoms. The molecular formula is C16H21N5. The number of aromatic nitrogens is 4. The molecule has 0 aliphatic rings. The van der Waals surface area contributed by atoms with E-state index in [1.165, 1.54) is 0 Å². The molecular weight excluding hydrogens is 262 g/mol. The Balaban J connectivity index is 2.12. The van der Waals surface area contributed by atoms with Gasteiger partial charge in [-0.2, -0.15) is 5.10 Å². The van der Waals surface area contributed by atoms with E-state index >= 15 is 0 Å². The Hall–Kier alpha value is -2.14. The van der Waals surface area contributed by atoms with E-state index in [9.17, 15) is 0 Å². The summed E-state index contributed by atoms with van der Waals surface area (Å²) >= 11 is 0. The lowest BCUT2D eigenvalue weighted by Gasteiger charge is -2.07. The van der Waals surface area contributed by atoms with Gasteiger partial charge in [-0.15, -0.1) is 0 Å². The van der Waals surface area contributed by atoms with Gasteiger partial charge in [0.15, 0.2) is 5.82 Å². The first-order valence-electron chi connectivity index (χ1n) is 7.41. The quantitative estimate of drug-likeness (QED) is 0.732. The second-order valence-electron chi connectivity index (χ2n) is 5.33. The average molecular weight is 283 g/mol. The van der Waals surface area contributed by atoms with E-state index in [0.29, 0.717) is 0 Å². The summed E-state index contributed by atoms with van der Waals surface area (Å²) in [5.41, 5.74) is 4.21. The van der Waals surface area contributed by atoms with Gasteiger partial charge < -0.3 is 9.72 Å². The van der Waals surface area contributed by atoms with E-state index in [1.807, 2.05) is 29.8 Å². The standard InChI is InChI=1S/C16H21N5/c1-4-8-17-11-14-16(21-13(3)10-12(2)19-21)18-15-7-5-6-9-20(14)15/h5-7,9-10,17H,4,8,11H2,1-3H3. The van der Waals surface area contributed by atoms with Gasteiger partial charge in [0.25, 0.3) is 0 Å². The molecule has 3 aromatic heterocycles. The Kier molecular flexibility index (Phi) is 3.75. The van der Waals surface area contributed by atoms with E-state index in [4.69, 9.17) is 4.98 Å². The minimum Gasteiger partial charge on any atom is -0.311 e. The third-order valence-corrected chi connectivity index (χ3v) is 3.54. The molecule has 0 spiro atoms. The highest BCUT2D eigenvalue weighted by Crippen LogP contribution is 2.18. The molecule has 5 nitrogen and oxygen atoms in total. The molecule has 21 heavy (non-hydrogen) atoms. The molecule has 0 saturated carbocycles. The number of nitrogens with zero attached hydrogens (tertiary/aromatic N) is 4. The molecule has 3 rings (SSSR count). The SMILES string of the molecule is CCCNCc1c(-n2nc(C)cc2C)nc2ccccn12. The predicted octanol–water partition coefficient (Wildman–Crippen LogP) is 2.64. The molecule has 0 radical (unpaired) electrons. The number of nitrogens with one attached hydrogen (secondary N) is 1. The fraction of sp³-hybridized carbons (Fsp3) is 0.375. The van der Waals surface area contributed by atoms with E-state index in [0.717, 1.165) is 48.1 Å². The van der Waals surface area contributed by atoms with Crippen molar-refractivity contribution in [3.8, 4) is 5.82 Å². The number of hydrogen-bond acceptors (Lipinski definition) is 3. The Morgan fingerprint density at radius 2 is 2.10 bits per heavy atom. The van der Waals surface area contributed by atoms with Crippen molar-refractivity contribution < 1.29 is 0 Å². The van der Waals surface area contributed by atoms with Gasteiger partial charge in [-0.05, 0) is 45.0 Å². The Morgan fingerprint density at radius 1 is 1.24 bits per heavy atom. The van der Waals surface area contributed by atoms with Crippen LogP contribution in [0.2, 0.25) is 0 Å². The van der Waals surface area contributed by atoms with Crippen molar-refractivity contribution in [1.29, 1.82) is 0 Å². The highest BCUT2D eigenvalue weighted by molar-refractivity contribution is 5.49. The molecule has 0 bridgehead atoms. The molecule has 3 aromatic rings. The van der Waals surface area contributed by atoms with Gasteiger partial charge in [-0.3, -0.25) is 0 Å². The first-order chi connectivity index (χ1) is 10.2. The van der Waals surface area contributed by atoms with E-state index < -0.39 is 0 Å². The molecule has 0 aliphatic heterocycles. The maximum absolute atomic E-state index is 4.76. The second-order valence-corrected chi connectivity index (χ2v) is 5.33. The maximum atomic E-state index is 4.76. The molecule has 1 N–H and O–H groups in total. The monoisotopic (exact) mass is 283 g/mol. The Morgan fingerprint density at radius 3 is 2.81 bits per heavy atom. The third-order valence-electron chi connectivity index (χ3n) is 3.54. The largest absolute Gasteiger partial charge is 0.311 e. The minimum atomic E-state index is 0.784. The van der Waals surface area contributed by atoms with Crippen LogP contribution in [0.3, 0.4) is 0 Å². The number of hydrogen-bond donors (Lipinski definition) is 1. The lowest BCUT2D eigenvalue weighted by Crippen LogP contribution is -2.17. The smallest absolute Gasteiger partial charge is 0.177 e. The number of imidazole rings is 1. The summed E-state index contributed by atoms with van der Waals surface area (Å²) in [4.78, 5) is 4.76. The summed E-state index contributed by atoms with van der Waals surface area (Å²) in [6.45, 7) is 8.02. The average Bonchev–Trinajstić information content (AvgIpc) is 2.99. The van der Waals surface area contributed by atoms with Crippen LogP contribution in [-0.4, -0.2) is 25.7 Å². The first-order valence-corrected chi connectivity index (χ1v) is 7.41. The molecule has 3 heterocycles. The van der Waals surface area contributed by atoms with Crippen LogP contribution in [0.1, 0.15) is 30.4 Å². The first kappa shape index (κ1) is 13.8. The highest BCUT2D eigenvalue weighted by atomic mass is 15.3. The molecule has 0 saturated heterocycles. The van der Waals surface area contributed by atoms with E-state index in [-0.39, 0.29) is 0 Å². The minimum absolute atomic E-state index is 0.784. The summed E-state index contributed by atoms with van der Waals surface area (Å²) in [7, 11) is 0. The van der Waals surface area contributed by atoms with E-state index in [1.54, 1.807) is 0 Å². The molecule has 110 valence electrons. The fourth-order valence-electron chi connectivity index (χ4n) is 2.59.